The molecule has 0 saturated heterocycles. The van der Waals surface area contributed by atoms with Crippen molar-refractivity contribution >= 4 is 21.6 Å². The van der Waals surface area contributed by atoms with Crippen LogP contribution >= 0.6 is 15.9 Å². The highest BCUT2D eigenvalue weighted by molar-refractivity contribution is 9.10. The van der Waals surface area contributed by atoms with Crippen LogP contribution in [0.25, 0.3) is 0 Å². The van der Waals surface area contributed by atoms with E-state index >= 15 is 0 Å². The van der Waals surface area contributed by atoms with Crippen molar-refractivity contribution in [1.29, 1.82) is 0 Å². The molecule has 0 atom stereocenters. The van der Waals surface area contributed by atoms with Crippen LogP contribution < -0.4 is 5.32 Å². The molecule has 1 nitrogen and oxygen atoms in total. The van der Waals surface area contributed by atoms with Gasteiger partial charge in [-0.2, -0.15) is 0 Å². The highest BCUT2D eigenvalue weighted by Crippen LogP contribution is 2.25. The van der Waals surface area contributed by atoms with Gasteiger partial charge in [0, 0.05) is 16.7 Å². The van der Waals surface area contributed by atoms with E-state index in [9.17, 15) is 0 Å². The Morgan fingerprint density at radius 3 is 2.33 bits per heavy atom. The normalized spacial score (nSPS) is 10.1. The fourth-order valence-electron chi connectivity index (χ4n) is 1.53. The first-order chi connectivity index (χ1) is 7.04. The van der Waals surface area contributed by atoms with Gasteiger partial charge in [0.05, 0.1) is 0 Å². The minimum Gasteiger partial charge on any atom is -0.381 e. The molecule has 82 valence electrons. The molecular formula is C13H18BrN. The summed E-state index contributed by atoms with van der Waals surface area (Å²) < 4.78 is 1.14. The monoisotopic (exact) mass is 267 g/mol. The molecule has 0 aliphatic carbocycles. The molecule has 2 heteroatoms. The molecule has 1 rings (SSSR count). The topological polar surface area (TPSA) is 12.0 Å². The lowest BCUT2D eigenvalue weighted by atomic mass is 10.1. The van der Waals surface area contributed by atoms with Gasteiger partial charge in [-0.3, -0.25) is 0 Å². The first-order valence-corrected chi connectivity index (χ1v) is 6.01. The third-order valence-corrected chi connectivity index (χ3v) is 2.97. The molecule has 0 saturated carbocycles. The number of nitrogens with one attached hydrogen (secondary N) is 1. The van der Waals surface area contributed by atoms with E-state index in [0.717, 1.165) is 17.4 Å². The van der Waals surface area contributed by atoms with Gasteiger partial charge < -0.3 is 5.32 Å². The van der Waals surface area contributed by atoms with E-state index in [-0.39, 0.29) is 0 Å². The van der Waals surface area contributed by atoms with Crippen LogP contribution in [0.15, 0.2) is 28.8 Å². The van der Waals surface area contributed by atoms with Crippen LogP contribution in [-0.4, -0.2) is 6.54 Å². The van der Waals surface area contributed by atoms with Gasteiger partial charge in [0.15, 0.2) is 0 Å². The van der Waals surface area contributed by atoms with Crippen LogP contribution in [0.2, 0.25) is 0 Å². The average Bonchev–Trinajstić information content (AvgIpc) is 2.15. The Labute approximate surface area is 101 Å². The van der Waals surface area contributed by atoms with Gasteiger partial charge in [-0.15, -0.1) is 0 Å². The van der Waals surface area contributed by atoms with Crippen molar-refractivity contribution in [2.24, 2.45) is 0 Å². The van der Waals surface area contributed by atoms with Crippen LogP contribution in [0.5, 0.6) is 0 Å². The number of halogens is 1. The number of rotatable bonds is 4. The summed E-state index contributed by atoms with van der Waals surface area (Å²) >= 11 is 3.50. The van der Waals surface area contributed by atoms with E-state index in [1.807, 2.05) is 0 Å². The van der Waals surface area contributed by atoms with Gasteiger partial charge in [-0.25, -0.2) is 0 Å². The fraction of sp³-hybridized carbons (Fsp3) is 0.385. The molecule has 0 amide bonds. The molecular weight excluding hydrogens is 250 g/mol. The summed E-state index contributed by atoms with van der Waals surface area (Å²) in [6, 6.07) is 4.26. The van der Waals surface area contributed by atoms with Gasteiger partial charge in [-0.05, 0) is 43.5 Å². The predicted molar refractivity (Wildman–Crippen MR) is 71.5 cm³/mol. The molecule has 0 aliphatic rings. The Kier molecular flexibility index (Phi) is 4.40. The first-order valence-electron chi connectivity index (χ1n) is 5.22. The van der Waals surface area contributed by atoms with E-state index in [4.69, 9.17) is 0 Å². The van der Waals surface area contributed by atoms with Crippen molar-refractivity contribution in [1.82, 2.24) is 0 Å². The minimum atomic E-state index is 0.861. The highest BCUT2D eigenvalue weighted by atomic mass is 79.9. The number of hydrogen-bond acceptors (Lipinski definition) is 1. The molecule has 1 aromatic carbocycles. The second kappa shape index (κ2) is 5.36. The summed E-state index contributed by atoms with van der Waals surface area (Å²) in [5, 5.41) is 3.44. The quantitative estimate of drug-likeness (QED) is 0.796. The van der Waals surface area contributed by atoms with Crippen molar-refractivity contribution in [3.63, 3.8) is 0 Å². The Balaban J connectivity index is 2.81. The van der Waals surface area contributed by atoms with E-state index in [0.29, 0.717) is 0 Å². The predicted octanol–water partition coefficient (Wildman–Crippen LogP) is 4.44. The SMILES string of the molecule is C=C(CC)CNc1c(C)cc(Br)cc1C. The Morgan fingerprint density at radius 2 is 1.87 bits per heavy atom. The van der Waals surface area contributed by atoms with Gasteiger partial charge in [-0.1, -0.05) is 35.0 Å². The molecule has 0 fully saturated rings. The van der Waals surface area contributed by atoms with Crippen molar-refractivity contribution < 1.29 is 0 Å². The van der Waals surface area contributed by atoms with Crippen molar-refractivity contribution in [3.8, 4) is 0 Å². The molecule has 0 heterocycles. The third kappa shape index (κ3) is 3.38. The lowest BCUT2D eigenvalue weighted by Crippen LogP contribution is -2.06. The zero-order chi connectivity index (χ0) is 11.4. The van der Waals surface area contributed by atoms with Crippen molar-refractivity contribution in [3.05, 3.63) is 39.9 Å². The molecule has 0 spiro atoms. The van der Waals surface area contributed by atoms with Crippen molar-refractivity contribution in [2.45, 2.75) is 27.2 Å². The van der Waals surface area contributed by atoms with E-state index in [1.54, 1.807) is 0 Å². The summed E-state index contributed by atoms with van der Waals surface area (Å²) in [7, 11) is 0. The first kappa shape index (κ1) is 12.3. The highest BCUT2D eigenvalue weighted by Gasteiger charge is 2.03. The van der Waals surface area contributed by atoms with E-state index in [1.165, 1.54) is 22.4 Å². The zero-order valence-electron chi connectivity index (χ0n) is 9.65. The van der Waals surface area contributed by atoms with Gasteiger partial charge in [0.25, 0.3) is 0 Å². The van der Waals surface area contributed by atoms with Crippen LogP contribution in [0.1, 0.15) is 24.5 Å². The van der Waals surface area contributed by atoms with Crippen LogP contribution in [-0.2, 0) is 0 Å². The third-order valence-electron chi connectivity index (χ3n) is 2.51. The summed E-state index contributed by atoms with van der Waals surface area (Å²) in [4.78, 5) is 0. The summed E-state index contributed by atoms with van der Waals surface area (Å²) in [5.74, 6) is 0. The molecule has 0 unspecified atom stereocenters. The number of anilines is 1. The summed E-state index contributed by atoms with van der Waals surface area (Å²) in [6.45, 7) is 11.2. The molecule has 1 aromatic rings. The largest absolute Gasteiger partial charge is 0.381 e. The zero-order valence-corrected chi connectivity index (χ0v) is 11.2. The lowest BCUT2D eigenvalue weighted by molar-refractivity contribution is 1.04. The minimum absolute atomic E-state index is 0.861. The second-order valence-electron chi connectivity index (χ2n) is 3.87. The molecule has 1 N–H and O–H groups in total. The molecule has 15 heavy (non-hydrogen) atoms. The molecule has 0 aliphatic heterocycles. The maximum atomic E-state index is 3.99. The summed E-state index contributed by atoms with van der Waals surface area (Å²) in [5.41, 5.74) is 5.00. The van der Waals surface area contributed by atoms with Gasteiger partial charge in [0.1, 0.15) is 0 Å². The van der Waals surface area contributed by atoms with Gasteiger partial charge >= 0.3 is 0 Å². The number of aryl methyl sites for hydroxylation is 2. The van der Waals surface area contributed by atoms with Crippen LogP contribution in [0.3, 0.4) is 0 Å². The summed E-state index contributed by atoms with van der Waals surface area (Å²) in [6.07, 6.45) is 1.03. The van der Waals surface area contributed by atoms with Crippen LogP contribution in [0, 0.1) is 13.8 Å². The molecule has 0 aromatic heterocycles. The molecule has 0 radical (unpaired) electrons. The van der Waals surface area contributed by atoms with Gasteiger partial charge in [0.2, 0.25) is 0 Å². The van der Waals surface area contributed by atoms with E-state index in [2.05, 4.69) is 60.7 Å². The Morgan fingerprint density at radius 1 is 1.33 bits per heavy atom. The van der Waals surface area contributed by atoms with Crippen molar-refractivity contribution in [2.75, 3.05) is 11.9 Å². The second-order valence-corrected chi connectivity index (χ2v) is 4.79. The Bertz CT molecular complexity index is 346. The fourth-order valence-corrected chi connectivity index (χ4v) is 2.21. The average molecular weight is 268 g/mol. The van der Waals surface area contributed by atoms with Crippen LogP contribution in [0.4, 0.5) is 5.69 Å². The standard InChI is InChI=1S/C13H18BrN/c1-5-9(2)8-15-13-10(3)6-12(14)7-11(13)4/h6-7,15H,2,5,8H2,1,3-4H3. The lowest BCUT2D eigenvalue weighted by Gasteiger charge is -2.14. The maximum Gasteiger partial charge on any atom is 0.0402 e. The number of hydrogen-bond donors (Lipinski definition) is 1. The Hall–Kier alpha value is -0.760. The maximum absolute atomic E-state index is 3.99. The number of benzene rings is 1. The molecule has 0 bridgehead atoms. The smallest absolute Gasteiger partial charge is 0.0402 e. The van der Waals surface area contributed by atoms with E-state index < -0.39 is 0 Å².